The Morgan fingerprint density at radius 3 is 2.74 bits per heavy atom. The van der Waals surface area contributed by atoms with Gasteiger partial charge in [0.1, 0.15) is 0 Å². The molecule has 2 rings (SSSR count). The minimum absolute atomic E-state index is 0.275. The first-order valence-electron chi connectivity index (χ1n) is 6.93. The minimum atomic E-state index is -0.826. The highest BCUT2D eigenvalue weighted by molar-refractivity contribution is 5.21. The Morgan fingerprint density at radius 2 is 2.05 bits per heavy atom. The molecule has 3 unspecified atom stereocenters. The maximum atomic E-state index is 13.2. The molecule has 0 aromatic heterocycles. The predicted molar refractivity (Wildman–Crippen MR) is 72.7 cm³/mol. The summed E-state index contributed by atoms with van der Waals surface area (Å²) in [4.78, 5) is 2.35. The molecule has 0 aliphatic carbocycles. The Morgan fingerprint density at radius 1 is 1.32 bits per heavy atom. The van der Waals surface area contributed by atoms with Gasteiger partial charge in [-0.1, -0.05) is 13.0 Å². The van der Waals surface area contributed by atoms with Gasteiger partial charge in [0.25, 0.3) is 0 Å². The van der Waals surface area contributed by atoms with E-state index in [-0.39, 0.29) is 6.04 Å². The van der Waals surface area contributed by atoms with Gasteiger partial charge in [0.05, 0.1) is 0 Å². The van der Waals surface area contributed by atoms with Crippen molar-refractivity contribution in [3.05, 3.63) is 35.4 Å². The van der Waals surface area contributed by atoms with Gasteiger partial charge in [-0.15, -0.1) is 0 Å². The number of hydrogen-bond donors (Lipinski definition) is 1. The van der Waals surface area contributed by atoms with Gasteiger partial charge in [-0.2, -0.15) is 0 Å². The number of halogens is 2. The van der Waals surface area contributed by atoms with Crippen molar-refractivity contribution in [2.24, 2.45) is 11.7 Å². The third-order valence-corrected chi connectivity index (χ3v) is 4.31. The normalized spacial score (nSPS) is 26.4. The van der Waals surface area contributed by atoms with E-state index in [0.29, 0.717) is 24.1 Å². The third-order valence-electron chi connectivity index (χ3n) is 4.31. The summed E-state index contributed by atoms with van der Waals surface area (Å²) in [6, 6.07) is 4.14. The monoisotopic (exact) mass is 268 g/mol. The van der Waals surface area contributed by atoms with Crippen LogP contribution in [0.3, 0.4) is 0 Å². The van der Waals surface area contributed by atoms with Gasteiger partial charge in [0, 0.05) is 18.6 Å². The Kier molecular flexibility index (Phi) is 4.53. The molecule has 1 aliphatic rings. The number of likely N-dealkylation sites (tertiary alicyclic amines) is 1. The van der Waals surface area contributed by atoms with Gasteiger partial charge >= 0.3 is 0 Å². The lowest BCUT2D eigenvalue weighted by molar-refractivity contribution is 0.107. The van der Waals surface area contributed by atoms with Gasteiger partial charge in [-0.05, 0) is 49.9 Å². The lowest BCUT2D eigenvalue weighted by Crippen LogP contribution is -2.45. The summed E-state index contributed by atoms with van der Waals surface area (Å²) in [7, 11) is 0. The summed E-state index contributed by atoms with van der Waals surface area (Å²) in [5.74, 6) is -0.991. The van der Waals surface area contributed by atoms with Crippen molar-refractivity contribution >= 4 is 0 Å². The third kappa shape index (κ3) is 3.31. The second kappa shape index (κ2) is 5.97. The van der Waals surface area contributed by atoms with Crippen LogP contribution in [-0.2, 0) is 0 Å². The summed E-state index contributed by atoms with van der Waals surface area (Å²) in [6.45, 7) is 6.18. The molecule has 3 atom stereocenters. The molecule has 2 nitrogen and oxygen atoms in total. The average molecular weight is 268 g/mol. The zero-order valence-corrected chi connectivity index (χ0v) is 11.6. The molecule has 106 valence electrons. The first-order valence-corrected chi connectivity index (χ1v) is 6.93. The first-order chi connectivity index (χ1) is 8.99. The van der Waals surface area contributed by atoms with Crippen LogP contribution in [0.25, 0.3) is 0 Å². The summed E-state index contributed by atoms with van der Waals surface area (Å²) >= 11 is 0. The number of nitrogens with zero attached hydrogens (tertiary/aromatic N) is 1. The van der Waals surface area contributed by atoms with E-state index in [1.807, 2.05) is 0 Å². The highest BCUT2D eigenvalue weighted by Gasteiger charge is 2.26. The molecule has 0 bridgehead atoms. The molecule has 0 radical (unpaired) electrons. The van der Waals surface area contributed by atoms with E-state index in [9.17, 15) is 8.78 Å². The van der Waals surface area contributed by atoms with Crippen molar-refractivity contribution < 1.29 is 8.78 Å². The molecule has 1 fully saturated rings. The van der Waals surface area contributed by atoms with E-state index in [2.05, 4.69) is 18.7 Å². The van der Waals surface area contributed by atoms with Crippen molar-refractivity contribution in [2.75, 3.05) is 13.1 Å². The molecule has 1 saturated heterocycles. The van der Waals surface area contributed by atoms with Crippen molar-refractivity contribution in [1.82, 2.24) is 4.90 Å². The average Bonchev–Trinajstić information content (AvgIpc) is 2.38. The Balaban J connectivity index is 2.03. The lowest BCUT2D eigenvalue weighted by atomic mass is 9.91. The van der Waals surface area contributed by atoms with Gasteiger partial charge in [0.15, 0.2) is 11.6 Å². The maximum absolute atomic E-state index is 13.2. The number of benzene rings is 1. The molecule has 0 saturated carbocycles. The Labute approximate surface area is 113 Å². The molecule has 1 aromatic carbocycles. The van der Waals surface area contributed by atoms with Crippen molar-refractivity contribution in [1.29, 1.82) is 0 Å². The van der Waals surface area contributed by atoms with Crippen LogP contribution in [-0.4, -0.2) is 24.0 Å². The van der Waals surface area contributed by atoms with Crippen LogP contribution in [0.1, 0.15) is 38.3 Å². The van der Waals surface area contributed by atoms with Gasteiger partial charge in [0.2, 0.25) is 0 Å². The van der Waals surface area contributed by atoms with E-state index in [4.69, 9.17) is 5.73 Å². The van der Waals surface area contributed by atoms with Crippen LogP contribution in [0.4, 0.5) is 8.78 Å². The predicted octanol–water partition coefficient (Wildman–Crippen LogP) is 3.09. The molecule has 1 aliphatic heterocycles. The van der Waals surface area contributed by atoms with Gasteiger partial charge in [-0.3, -0.25) is 4.90 Å². The smallest absolute Gasteiger partial charge is 0.159 e. The number of hydrogen-bond acceptors (Lipinski definition) is 2. The van der Waals surface area contributed by atoms with Crippen LogP contribution < -0.4 is 5.73 Å². The minimum Gasteiger partial charge on any atom is -0.323 e. The molecule has 1 heterocycles. The Hall–Kier alpha value is -1.00. The van der Waals surface area contributed by atoms with Crippen LogP contribution in [0.15, 0.2) is 18.2 Å². The second-order valence-electron chi connectivity index (χ2n) is 5.64. The second-order valence-corrected chi connectivity index (χ2v) is 5.64. The zero-order valence-electron chi connectivity index (χ0n) is 11.6. The van der Waals surface area contributed by atoms with Crippen molar-refractivity contribution in [3.63, 3.8) is 0 Å². The highest BCUT2D eigenvalue weighted by atomic mass is 19.2. The number of nitrogens with two attached hydrogens (primary N) is 1. The lowest BCUT2D eigenvalue weighted by Gasteiger charge is -2.39. The molecule has 4 heteroatoms. The maximum Gasteiger partial charge on any atom is 0.159 e. The van der Waals surface area contributed by atoms with Crippen LogP contribution in [0.5, 0.6) is 0 Å². The molecule has 2 N–H and O–H groups in total. The molecular formula is C15H22F2N2. The Bertz CT molecular complexity index is 436. The van der Waals surface area contributed by atoms with Crippen molar-refractivity contribution in [3.8, 4) is 0 Å². The fraction of sp³-hybridized carbons (Fsp3) is 0.600. The molecule has 1 aromatic rings. The standard InChI is InChI=1S/C15H22F2N2/c1-10-4-3-7-19(11(10)2)9-15(18)12-5-6-13(16)14(17)8-12/h5-6,8,10-11,15H,3-4,7,9,18H2,1-2H3. The first kappa shape index (κ1) is 14.4. The van der Waals surface area contributed by atoms with E-state index in [1.165, 1.54) is 18.9 Å². The van der Waals surface area contributed by atoms with Crippen molar-refractivity contribution in [2.45, 2.75) is 38.8 Å². The fourth-order valence-corrected chi connectivity index (χ4v) is 2.78. The van der Waals surface area contributed by atoms with E-state index < -0.39 is 11.6 Å². The highest BCUT2D eigenvalue weighted by Crippen LogP contribution is 2.25. The topological polar surface area (TPSA) is 29.3 Å². The van der Waals surface area contributed by atoms with Crippen LogP contribution in [0, 0.1) is 17.6 Å². The zero-order chi connectivity index (χ0) is 14.0. The van der Waals surface area contributed by atoms with E-state index >= 15 is 0 Å². The summed E-state index contributed by atoms with van der Waals surface area (Å²) < 4.78 is 26.1. The molecule has 19 heavy (non-hydrogen) atoms. The van der Waals surface area contributed by atoms with E-state index in [0.717, 1.165) is 12.6 Å². The SMILES string of the molecule is CC1CCCN(CC(N)c2ccc(F)c(F)c2)C1C. The summed E-state index contributed by atoms with van der Waals surface area (Å²) in [6.07, 6.45) is 2.42. The molecular weight excluding hydrogens is 246 g/mol. The fourth-order valence-electron chi connectivity index (χ4n) is 2.78. The van der Waals surface area contributed by atoms with Crippen LogP contribution in [0.2, 0.25) is 0 Å². The summed E-state index contributed by atoms with van der Waals surface area (Å²) in [5, 5.41) is 0. The molecule has 0 amide bonds. The number of rotatable bonds is 3. The van der Waals surface area contributed by atoms with E-state index in [1.54, 1.807) is 6.07 Å². The van der Waals surface area contributed by atoms with Crippen LogP contribution >= 0.6 is 0 Å². The number of piperidine rings is 1. The molecule has 0 spiro atoms. The summed E-state index contributed by atoms with van der Waals surface area (Å²) in [5.41, 5.74) is 6.78. The van der Waals surface area contributed by atoms with Gasteiger partial charge < -0.3 is 5.73 Å². The quantitative estimate of drug-likeness (QED) is 0.912. The van der Waals surface area contributed by atoms with Gasteiger partial charge in [-0.25, -0.2) is 8.78 Å². The largest absolute Gasteiger partial charge is 0.323 e.